The van der Waals surface area contributed by atoms with Gasteiger partial charge < -0.3 is 10.5 Å². The Bertz CT molecular complexity index is 505. The average Bonchev–Trinajstić information content (AvgIpc) is 2.86. The molecule has 108 valence electrons. The van der Waals surface area contributed by atoms with Gasteiger partial charge in [-0.15, -0.1) is 0 Å². The number of halogens is 1. The Kier molecular flexibility index (Phi) is 5.04. The highest BCUT2D eigenvalue weighted by Gasteiger charge is 2.26. The van der Waals surface area contributed by atoms with Gasteiger partial charge in [-0.25, -0.2) is 0 Å². The molecule has 20 heavy (non-hydrogen) atoms. The van der Waals surface area contributed by atoms with Crippen LogP contribution in [0.3, 0.4) is 0 Å². The Morgan fingerprint density at radius 3 is 3.00 bits per heavy atom. The van der Waals surface area contributed by atoms with Gasteiger partial charge in [-0.1, -0.05) is 30.3 Å². The van der Waals surface area contributed by atoms with Crippen molar-refractivity contribution in [3.63, 3.8) is 0 Å². The number of hydrogen-bond acceptors (Lipinski definition) is 3. The molecule has 5 heteroatoms. The summed E-state index contributed by atoms with van der Waals surface area (Å²) in [4.78, 5) is 13.4. The molecule has 1 aromatic carbocycles. The predicted octanol–water partition coefficient (Wildman–Crippen LogP) is 2.21. The smallest absolute Gasteiger partial charge is 0.221 e. The van der Waals surface area contributed by atoms with E-state index in [2.05, 4.69) is 11.5 Å². The Hall–Kier alpha value is -1.52. The molecule has 0 bridgehead atoms. The van der Waals surface area contributed by atoms with E-state index >= 15 is 0 Å². The molecule has 1 aromatic rings. The average molecular weight is 295 g/mol. The summed E-state index contributed by atoms with van der Waals surface area (Å²) in [6, 6.07) is 5.75. The first-order valence-electron chi connectivity index (χ1n) is 6.64. The van der Waals surface area contributed by atoms with Crippen molar-refractivity contribution in [2.75, 3.05) is 19.7 Å². The molecule has 4 nitrogen and oxygen atoms in total. The molecule has 0 radical (unpaired) electrons. The van der Waals surface area contributed by atoms with E-state index in [0.29, 0.717) is 17.4 Å². The van der Waals surface area contributed by atoms with Crippen LogP contribution < -0.4 is 10.5 Å². The minimum atomic E-state index is -0.210. The SMILES string of the molecule is C=CCOc1ccc(CN2CCC(C(N)=O)C2)cc1Cl. The van der Waals surface area contributed by atoms with Crippen LogP contribution in [-0.4, -0.2) is 30.5 Å². The van der Waals surface area contributed by atoms with E-state index in [-0.39, 0.29) is 11.8 Å². The van der Waals surface area contributed by atoms with Gasteiger partial charge in [-0.05, 0) is 30.7 Å². The number of carbonyl (C=O) groups excluding carboxylic acids is 1. The lowest BCUT2D eigenvalue weighted by Gasteiger charge is -2.16. The van der Waals surface area contributed by atoms with E-state index in [1.54, 1.807) is 6.08 Å². The first-order chi connectivity index (χ1) is 9.60. The maximum atomic E-state index is 11.1. The highest BCUT2D eigenvalue weighted by atomic mass is 35.5. The standard InChI is InChI=1S/C15H19ClN2O2/c1-2-7-20-14-4-3-11(8-13(14)16)9-18-6-5-12(10-18)15(17)19/h2-4,8,12H,1,5-7,9-10H2,(H2,17,19). The number of ether oxygens (including phenoxy) is 1. The van der Waals surface area contributed by atoms with Crippen LogP contribution in [0.4, 0.5) is 0 Å². The first kappa shape index (κ1) is 14.9. The van der Waals surface area contributed by atoms with E-state index in [0.717, 1.165) is 31.6 Å². The summed E-state index contributed by atoms with van der Waals surface area (Å²) in [6.07, 6.45) is 2.52. The number of hydrogen-bond donors (Lipinski definition) is 1. The topological polar surface area (TPSA) is 55.6 Å². The maximum absolute atomic E-state index is 11.1. The van der Waals surface area contributed by atoms with Crippen molar-refractivity contribution in [2.24, 2.45) is 11.7 Å². The van der Waals surface area contributed by atoms with E-state index in [4.69, 9.17) is 22.1 Å². The van der Waals surface area contributed by atoms with Crippen LogP contribution in [0.2, 0.25) is 5.02 Å². The van der Waals surface area contributed by atoms with Gasteiger partial charge in [0.2, 0.25) is 5.91 Å². The number of carbonyl (C=O) groups is 1. The van der Waals surface area contributed by atoms with Gasteiger partial charge in [-0.2, -0.15) is 0 Å². The van der Waals surface area contributed by atoms with E-state index in [1.807, 2.05) is 18.2 Å². The molecular formula is C15H19ClN2O2. The minimum Gasteiger partial charge on any atom is -0.488 e. The molecule has 0 spiro atoms. The predicted molar refractivity (Wildman–Crippen MR) is 79.7 cm³/mol. The van der Waals surface area contributed by atoms with Gasteiger partial charge in [0.1, 0.15) is 12.4 Å². The van der Waals surface area contributed by atoms with E-state index in [9.17, 15) is 4.79 Å². The molecule has 0 aliphatic carbocycles. The summed E-state index contributed by atoms with van der Waals surface area (Å²) in [5.41, 5.74) is 6.44. The molecule has 1 fully saturated rings. The minimum absolute atomic E-state index is 0.0272. The highest BCUT2D eigenvalue weighted by Crippen LogP contribution is 2.27. The molecule has 1 atom stereocenters. The van der Waals surface area contributed by atoms with Crippen LogP contribution in [0.5, 0.6) is 5.75 Å². The molecule has 1 amide bonds. The van der Waals surface area contributed by atoms with Gasteiger partial charge in [0.05, 0.1) is 10.9 Å². The second-order valence-corrected chi connectivity index (χ2v) is 5.39. The fourth-order valence-corrected chi connectivity index (χ4v) is 2.63. The molecule has 1 unspecified atom stereocenters. The second kappa shape index (κ2) is 6.77. The molecule has 0 aromatic heterocycles. The third-order valence-electron chi connectivity index (χ3n) is 3.43. The lowest BCUT2D eigenvalue weighted by Crippen LogP contribution is -2.27. The molecule has 2 rings (SSSR count). The quantitative estimate of drug-likeness (QED) is 0.819. The molecule has 1 aliphatic rings. The summed E-state index contributed by atoms with van der Waals surface area (Å²) in [6.45, 7) is 6.42. The van der Waals surface area contributed by atoms with Crippen LogP contribution >= 0.6 is 11.6 Å². The van der Waals surface area contributed by atoms with E-state index in [1.165, 1.54) is 0 Å². The molecule has 1 aliphatic heterocycles. The molecule has 2 N–H and O–H groups in total. The van der Waals surface area contributed by atoms with Gasteiger partial charge in [-0.3, -0.25) is 9.69 Å². The monoisotopic (exact) mass is 294 g/mol. The zero-order valence-electron chi connectivity index (χ0n) is 11.3. The second-order valence-electron chi connectivity index (χ2n) is 4.99. The van der Waals surface area contributed by atoms with Crippen molar-refractivity contribution in [1.29, 1.82) is 0 Å². The van der Waals surface area contributed by atoms with Gasteiger partial charge in [0.15, 0.2) is 0 Å². The summed E-state index contributed by atoms with van der Waals surface area (Å²) in [5, 5.41) is 0.593. The van der Waals surface area contributed by atoms with Crippen LogP contribution in [-0.2, 0) is 11.3 Å². The summed E-state index contributed by atoms with van der Waals surface area (Å²) < 4.78 is 5.43. The molecule has 0 saturated carbocycles. The number of likely N-dealkylation sites (tertiary alicyclic amines) is 1. The van der Waals surface area contributed by atoms with Crippen molar-refractivity contribution in [3.05, 3.63) is 41.4 Å². The summed E-state index contributed by atoms with van der Waals surface area (Å²) in [5.74, 6) is 0.422. The first-order valence-corrected chi connectivity index (χ1v) is 7.01. The van der Waals surface area contributed by atoms with Crippen LogP contribution in [0.1, 0.15) is 12.0 Å². The lowest BCUT2D eigenvalue weighted by atomic mass is 10.1. The van der Waals surface area contributed by atoms with Crippen LogP contribution in [0, 0.1) is 5.92 Å². The zero-order chi connectivity index (χ0) is 14.5. The third-order valence-corrected chi connectivity index (χ3v) is 3.73. The van der Waals surface area contributed by atoms with Crippen molar-refractivity contribution in [2.45, 2.75) is 13.0 Å². The molecular weight excluding hydrogens is 276 g/mol. The molecule has 1 saturated heterocycles. The van der Waals surface area contributed by atoms with Crippen molar-refractivity contribution in [3.8, 4) is 5.75 Å². The van der Waals surface area contributed by atoms with Crippen molar-refractivity contribution >= 4 is 17.5 Å². The number of nitrogens with two attached hydrogens (primary N) is 1. The Morgan fingerprint density at radius 1 is 1.60 bits per heavy atom. The third kappa shape index (κ3) is 3.74. The zero-order valence-corrected chi connectivity index (χ0v) is 12.1. The largest absolute Gasteiger partial charge is 0.488 e. The number of benzene rings is 1. The van der Waals surface area contributed by atoms with Gasteiger partial charge in [0.25, 0.3) is 0 Å². The number of amides is 1. The van der Waals surface area contributed by atoms with Gasteiger partial charge >= 0.3 is 0 Å². The normalized spacial score (nSPS) is 18.9. The lowest BCUT2D eigenvalue weighted by molar-refractivity contribution is -0.121. The Morgan fingerprint density at radius 2 is 2.40 bits per heavy atom. The number of primary amides is 1. The molecule has 1 heterocycles. The highest BCUT2D eigenvalue weighted by molar-refractivity contribution is 6.32. The van der Waals surface area contributed by atoms with Crippen LogP contribution in [0.15, 0.2) is 30.9 Å². The summed E-state index contributed by atoms with van der Waals surface area (Å²) in [7, 11) is 0. The number of nitrogens with zero attached hydrogens (tertiary/aromatic N) is 1. The fraction of sp³-hybridized carbons (Fsp3) is 0.400. The number of rotatable bonds is 6. The van der Waals surface area contributed by atoms with Crippen molar-refractivity contribution in [1.82, 2.24) is 4.90 Å². The fourth-order valence-electron chi connectivity index (χ4n) is 2.38. The van der Waals surface area contributed by atoms with Gasteiger partial charge in [0, 0.05) is 13.1 Å². The van der Waals surface area contributed by atoms with Crippen molar-refractivity contribution < 1.29 is 9.53 Å². The van der Waals surface area contributed by atoms with E-state index < -0.39 is 0 Å². The van der Waals surface area contributed by atoms with Crippen LogP contribution in [0.25, 0.3) is 0 Å². The Labute approximate surface area is 124 Å². The summed E-state index contributed by atoms with van der Waals surface area (Å²) >= 11 is 6.18. The maximum Gasteiger partial charge on any atom is 0.221 e. The Balaban J connectivity index is 1.95.